The maximum atomic E-state index is 11.5. The largest absolute Gasteiger partial charge is 0.360 e. The standard InChI is InChI=1S/C12H22N2O2/c1-5-6-7-8-12(15)10(2)13-9-14-11(3)16-4/h9,11H,5-8H2,1-4H3/b13-10+,14-9-. The van der Waals surface area contributed by atoms with Gasteiger partial charge in [0.15, 0.2) is 5.78 Å². The van der Waals surface area contributed by atoms with Crippen molar-refractivity contribution in [3.63, 3.8) is 0 Å². The first kappa shape index (κ1) is 15.0. The lowest BCUT2D eigenvalue weighted by Crippen LogP contribution is -2.10. The van der Waals surface area contributed by atoms with Crippen LogP contribution in [0.2, 0.25) is 0 Å². The highest BCUT2D eigenvalue weighted by Gasteiger charge is 2.04. The second kappa shape index (κ2) is 9.21. The van der Waals surface area contributed by atoms with E-state index in [9.17, 15) is 4.79 Å². The molecule has 0 aliphatic rings. The molecule has 0 aliphatic heterocycles. The minimum atomic E-state index is -0.216. The van der Waals surface area contributed by atoms with Gasteiger partial charge >= 0.3 is 0 Å². The highest BCUT2D eigenvalue weighted by Crippen LogP contribution is 2.00. The van der Waals surface area contributed by atoms with E-state index in [1.807, 2.05) is 6.92 Å². The van der Waals surface area contributed by atoms with Gasteiger partial charge in [-0.05, 0) is 20.3 Å². The summed E-state index contributed by atoms with van der Waals surface area (Å²) < 4.78 is 4.92. The Hall–Kier alpha value is -1.03. The zero-order valence-electron chi connectivity index (χ0n) is 10.7. The lowest BCUT2D eigenvalue weighted by molar-refractivity contribution is -0.113. The number of methoxy groups -OCH3 is 1. The van der Waals surface area contributed by atoms with Gasteiger partial charge in [-0.3, -0.25) is 4.79 Å². The number of carbonyl (C=O) groups excluding carboxylic acids is 1. The van der Waals surface area contributed by atoms with Crippen molar-refractivity contribution in [2.75, 3.05) is 7.11 Å². The molecule has 0 spiro atoms. The van der Waals surface area contributed by atoms with Crippen LogP contribution < -0.4 is 0 Å². The van der Waals surface area contributed by atoms with Crippen LogP contribution in [0.1, 0.15) is 46.5 Å². The molecule has 0 heterocycles. The highest BCUT2D eigenvalue weighted by atomic mass is 16.5. The van der Waals surface area contributed by atoms with Gasteiger partial charge in [-0.25, -0.2) is 9.98 Å². The second-order valence-corrected chi connectivity index (χ2v) is 3.69. The van der Waals surface area contributed by atoms with Crippen LogP contribution in [0, 0.1) is 0 Å². The lowest BCUT2D eigenvalue weighted by atomic mass is 10.1. The third-order valence-electron chi connectivity index (χ3n) is 2.28. The van der Waals surface area contributed by atoms with Crippen molar-refractivity contribution in [2.45, 2.75) is 52.7 Å². The molecule has 0 rings (SSSR count). The second-order valence-electron chi connectivity index (χ2n) is 3.69. The molecular weight excluding hydrogens is 204 g/mol. The van der Waals surface area contributed by atoms with E-state index in [0.29, 0.717) is 12.1 Å². The molecule has 0 aromatic carbocycles. The molecule has 1 atom stereocenters. The maximum Gasteiger partial charge on any atom is 0.176 e. The fourth-order valence-electron chi connectivity index (χ4n) is 1.06. The number of aliphatic imine (C=N–C) groups is 2. The fraction of sp³-hybridized carbons (Fsp3) is 0.750. The van der Waals surface area contributed by atoms with Gasteiger partial charge in [-0.1, -0.05) is 19.8 Å². The molecule has 0 aromatic rings. The van der Waals surface area contributed by atoms with E-state index >= 15 is 0 Å². The number of carbonyl (C=O) groups is 1. The number of hydrogen-bond donors (Lipinski definition) is 0. The summed E-state index contributed by atoms with van der Waals surface area (Å²) in [6.45, 7) is 5.65. The van der Waals surface area contributed by atoms with Crippen molar-refractivity contribution in [1.82, 2.24) is 0 Å². The first-order valence-corrected chi connectivity index (χ1v) is 5.73. The van der Waals surface area contributed by atoms with Crippen molar-refractivity contribution in [3.05, 3.63) is 0 Å². The van der Waals surface area contributed by atoms with E-state index in [1.165, 1.54) is 6.34 Å². The minimum absolute atomic E-state index is 0.102. The maximum absolute atomic E-state index is 11.5. The quantitative estimate of drug-likeness (QED) is 0.363. The summed E-state index contributed by atoms with van der Waals surface area (Å²) in [7, 11) is 1.58. The minimum Gasteiger partial charge on any atom is -0.360 e. The number of Topliss-reactive ketones (excluding diaryl/α,β-unsaturated/α-hetero) is 1. The van der Waals surface area contributed by atoms with Gasteiger partial charge in [0.25, 0.3) is 0 Å². The number of rotatable bonds is 8. The molecule has 0 amide bonds. The zero-order chi connectivity index (χ0) is 12.4. The first-order chi connectivity index (χ1) is 7.61. The van der Waals surface area contributed by atoms with Crippen LogP contribution in [0.3, 0.4) is 0 Å². The number of ether oxygens (including phenoxy) is 1. The number of ketones is 1. The van der Waals surface area contributed by atoms with Gasteiger partial charge in [-0.15, -0.1) is 0 Å². The van der Waals surface area contributed by atoms with Crippen LogP contribution in [0.15, 0.2) is 9.98 Å². The molecule has 0 saturated heterocycles. The normalized spacial score (nSPS) is 14.4. The predicted octanol–water partition coefficient (Wildman–Crippen LogP) is 2.62. The third-order valence-corrected chi connectivity index (χ3v) is 2.28. The number of hydrogen-bond acceptors (Lipinski definition) is 3. The summed E-state index contributed by atoms with van der Waals surface area (Å²) in [5.74, 6) is 0.102. The van der Waals surface area contributed by atoms with E-state index < -0.39 is 0 Å². The SMILES string of the molecule is CCCCCC(=O)/C(C)=N/C=N\C(C)OC. The molecule has 0 bridgehead atoms. The van der Waals surface area contributed by atoms with Crippen LogP contribution in [0.25, 0.3) is 0 Å². The summed E-state index contributed by atoms with van der Waals surface area (Å²) in [5.41, 5.74) is 0.517. The van der Waals surface area contributed by atoms with Gasteiger partial charge in [0.1, 0.15) is 12.6 Å². The van der Waals surface area contributed by atoms with Crippen molar-refractivity contribution < 1.29 is 9.53 Å². The Kier molecular flexibility index (Phi) is 8.62. The van der Waals surface area contributed by atoms with Gasteiger partial charge in [-0.2, -0.15) is 0 Å². The average Bonchev–Trinajstić information content (AvgIpc) is 2.28. The van der Waals surface area contributed by atoms with Crippen molar-refractivity contribution in [1.29, 1.82) is 0 Å². The van der Waals surface area contributed by atoms with Crippen LogP contribution in [0.4, 0.5) is 0 Å². The Labute approximate surface area is 97.8 Å². The molecule has 1 unspecified atom stereocenters. The summed E-state index contributed by atoms with van der Waals surface area (Å²) >= 11 is 0. The van der Waals surface area contributed by atoms with Crippen molar-refractivity contribution >= 4 is 17.8 Å². The Balaban J connectivity index is 4.01. The molecule has 92 valence electrons. The fourth-order valence-corrected chi connectivity index (χ4v) is 1.06. The van der Waals surface area contributed by atoms with Crippen LogP contribution >= 0.6 is 0 Å². The van der Waals surface area contributed by atoms with E-state index in [4.69, 9.17) is 4.74 Å². The molecule has 0 aromatic heterocycles. The molecule has 0 saturated carbocycles. The Morgan fingerprint density at radius 2 is 2.12 bits per heavy atom. The monoisotopic (exact) mass is 226 g/mol. The van der Waals surface area contributed by atoms with Gasteiger partial charge in [0, 0.05) is 13.5 Å². The van der Waals surface area contributed by atoms with E-state index in [1.54, 1.807) is 14.0 Å². The van der Waals surface area contributed by atoms with E-state index in [0.717, 1.165) is 19.3 Å². The molecule has 4 heteroatoms. The molecule has 0 radical (unpaired) electrons. The average molecular weight is 226 g/mol. The zero-order valence-corrected chi connectivity index (χ0v) is 10.7. The van der Waals surface area contributed by atoms with E-state index in [2.05, 4.69) is 16.9 Å². The van der Waals surface area contributed by atoms with Crippen LogP contribution in [0.5, 0.6) is 0 Å². The topological polar surface area (TPSA) is 51.0 Å². The number of unbranched alkanes of at least 4 members (excludes halogenated alkanes) is 2. The highest BCUT2D eigenvalue weighted by molar-refractivity contribution is 6.39. The summed E-state index contributed by atoms with van der Waals surface area (Å²) in [4.78, 5) is 19.5. The molecule has 16 heavy (non-hydrogen) atoms. The molecule has 0 fully saturated rings. The number of nitrogens with zero attached hydrogens (tertiary/aromatic N) is 2. The smallest absolute Gasteiger partial charge is 0.176 e. The van der Waals surface area contributed by atoms with Crippen LogP contribution in [-0.4, -0.2) is 31.2 Å². The summed E-state index contributed by atoms with van der Waals surface area (Å²) in [6, 6.07) is 0. The summed E-state index contributed by atoms with van der Waals surface area (Å²) in [6.07, 6.45) is 4.91. The molecule has 0 N–H and O–H groups in total. The first-order valence-electron chi connectivity index (χ1n) is 5.73. The van der Waals surface area contributed by atoms with Crippen molar-refractivity contribution in [3.8, 4) is 0 Å². The Morgan fingerprint density at radius 3 is 2.69 bits per heavy atom. The van der Waals surface area contributed by atoms with Gasteiger partial charge in [0.05, 0.1) is 5.71 Å². The predicted molar refractivity (Wildman–Crippen MR) is 67.2 cm³/mol. The molecule has 4 nitrogen and oxygen atoms in total. The van der Waals surface area contributed by atoms with E-state index in [-0.39, 0.29) is 12.0 Å². The Morgan fingerprint density at radius 1 is 1.44 bits per heavy atom. The van der Waals surface area contributed by atoms with Crippen molar-refractivity contribution in [2.24, 2.45) is 9.98 Å². The molecule has 0 aliphatic carbocycles. The summed E-state index contributed by atoms with van der Waals surface area (Å²) in [5, 5.41) is 0. The third kappa shape index (κ3) is 7.29. The van der Waals surface area contributed by atoms with Crippen LogP contribution in [-0.2, 0) is 9.53 Å². The lowest BCUT2D eigenvalue weighted by Gasteiger charge is -2.00. The molecular formula is C12H22N2O2. The van der Waals surface area contributed by atoms with Gasteiger partial charge in [0.2, 0.25) is 0 Å². The van der Waals surface area contributed by atoms with Gasteiger partial charge < -0.3 is 4.74 Å². The Bertz CT molecular complexity index is 260.